The third-order valence-electron chi connectivity index (χ3n) is 3.67. The summed E-state index contributed by atoms with van der Waals surface area (Å²) < 4.78 is 0. The summed E-state index contributed by atoms with van der Waals surface area (Å²) in [6.45, 7) is 3.36. The van der Waals surface area contributed by atoms with Gasteiger partial charge in [0, 0.05) is 19.8 Å². The Hall–Kier alpha value is -1.60. The van der Waals surface area contributed by atoms with Gasteiger partial charge in [0.05, 0.1) is 5.69 Å². The smallest absolute Gasteiger partial charge is 0.163 e. The van der Waals surface area contributed by atoms with Crippen molar-refractivity contribution in [3.63, 3.8) is 0 Å². The zero-order valence-electron chi connectivity index (χ0n) is 11.1. The molecule has 4 heteroatoms. The van der Waals surface area contributed by atoms with Crippen molar-refractivity contribution in [1.29, 1.82) is 5.26 Å². The molecule has 4 nitrogen and oxygen atoms in total. The Bertz CT molecular complexity index is 430. The minimum absolute atomic E-state index is 0.521. The Morgan fingerprint density at radius 3 is 2.89 bits per heavy atom. The van der Waals surface area contributed by atoms with Gasteiger partial charge in [-0.2, -0.15) is 5.26 Å². The zero-order chi connectivity index (χ0) is 13.0. The van der Waals surface area contributed by atoms with Gasteiger partial charge in [-0.25, -0.2) is 4.98 Å². The molecule has 0 radical (unpaired) electrons. The van der Waals surface area contributed by atoms with E-state index in [-0.39, 0.29) is 0 Å². The normalized spacial score (nSPS) is 17.4. The van der Waals surface area contributed by atoms with Crippen LogP contribution in [0.5, 0.6) is 0 Å². The molecule has 0 aromatic carbocycles. The Kier molecular flexibility index (Phi) is 4.16. The van der Waals surface area contributed by atoms with Crippen LogP contribution < -0.4 is 4.90 Å². The van der Waals surface area contributed by atoms with Crippen molar-refractivity contribution < 1.29 is 0 Å². The summed E-state index contributed by atoms with van der Waals surface area (Å²) in [6.07, 6.45) is 4.15. The fraction of sp³-hybridized carbons (Fsp3) is 0.571. The standard InChI is InChI=1S/C14H20N4/c1-17-8-5-12(6-9-17)11-18(2)14-4-3-7-16-13(14)10-15/h3-4,7,12H,5-6,8-9,11H2,1-2H3. The van der Waals surface area contributed by atoms with Gasteiger partial charge in [-0.3, -0.25) is 0 Å². The van der Waals surface area contributed by atoms with E-state index in [0.717, 1.165) is 18.2 Å². The number of aromatic nitrogens is 1. The highest BCUT2D eigenvalue weighted by Crippen LogP contribution is 2.21. The third-order valence-corrected chi connectivity index (χ3v) is 3.67. The molecule has 1 aromatic rings. The van der Waals surface area contributed by atoms with E-state index in [2.05, 4.69) is 34.9 Å². The first-order valence-electron chi connectivity index (χ1n) is 6.45. The average molecular weight is 244 g/mol. The summed E-state index contributed by atoms with van der Waals surface area (Å²) in [4.78, 5) is 8.66. The van der Waals surface area contributed by atoms with Gasteiger partial charge in [0.25, 0.3) is 0 Å². The topological polar surface area (TPSA) is 43.2 Å². The lowest BCUT2D eigenvalue weighted by Gasteiger charge is -2.32. The molecule has 0 bridgehead atoms. The average Bonchev–Trinajstić information content (AvgIpc) is 2.41. The van der Waals surface area contributed by atoms with Crippen LogP contribution >= 0.6 is 0 Å². The van der Waals surface area contributed by atoms with Gasteiger partial charge in [-0.1, -0.05) is 0 Å². The van der Waals surface area contributed by atoms with Crippen molar-refractivity contribution in [2.45, 2.75) is 12.8 Å². The molecule has 1 aliphatic heterocycles. The van der Waals surface area contributed by atoms with Gasteiger partial charge < -0.3 is 9.80 Å². The van der Waals surface area contributed by atoms with Crippen molar-refractivity contribution in [2.24, 2.45) is 5.92 Å². The molecule has 2 heterocycles. The molecule has 0 saturated carbocycles. The first kappa shape index (κ1) is 12.8. The fourth-order valence-corrected chi connectivity index (χ4v) is 2.52. The number of anilines is 1. The molecule has 0 atom stereocenters. The summed E-state index contributed by atoms with van der Waals surface area (Å²) in [5.41, 5.74) is 1.46. The Balaban J connectivity index is 1.99. The molecule has 1 aliphatic rings. The Morgan fingerprint density at radius 2 is 2.22 bits per heavy atom. The minimum Gasteiger partial charge on any atom is -0.372 e. The lowest BCUT2D eigenvalue weighted by molar-refractivity contribution is 0.222. The molecular weight excluding hydrogens is 224 g/mol. The Labute approximate surface area is 109 Å². The molecule has 1 fully saturated rings. The van der Waals surface area contributed by atoms with E-state index >= 15 is 0 Å². The second-order valence-electron chi connectivity index (χ2n) is 5.11. The molecule has 0 spiro atoms. The number of nitrogens with zero attached hydrogens (tertiary/aromatic N) is 4. The summed E-state index contributed by atoms with van der Waals surface area (Å²) in [6, 6.07) is 6.02. The molecule has 0 aliphatic carbocycles. The van der Waals surface area contributed by atoms with Gasteiger partial charge in [0.15, 0.2) is 5.69 Å². The summed E-state index contributed by atoms with van der Waals surface area (Å²) >= 11 is 0. The van der Waals surface area contributed by atoms with E-state index in [1.165, 1.54) is 25.9 Å². The van der Waals surface area contributed by atoms with Crippen LogP contribution in [-0.4, -0.2) is 43.6 Å². The monoisotopic (exact) mass is 244 g/mol. The summed E-state index contributed by atoms with van der Waals surface area (Å²) in [5, 5.41) is 9.06. The van der Waals surface area contributed by atoms with E-state index in [0.29, 0.717) is 5.69 Å². The molecule has 96 valence electrons. The highest BCUT2D eigenvalue weighted by Gasteiger charge is 2.19. The van der Waals surface area contributed by atoms with Gasteiger partial charge >= 0.3 is 0 Å². The predicted molar refractivity (Wildman–Crippen MR) is 72.4 cm³/mol. The van der Waals surface area contributed by atoms with Gasteiger partial charge in [0.1, 0.15) is 6.07 Å². The maximum Gasteiger partial charge on any atom is 0.163 e. The van der Waals surface area contributed by atoms with Gasteiger partial charge in [-0.05, 0) is 51.0 Å². The van der Waals surface area contributed by atoms with Crippen molar-refractivity contribution in [3.8, 4) is 6.07 Å². The number of nitriles is 1. The number of hydrogen-bond donors (Lipinski definition) is 0. The number of hydrogen-bond acceptors (Lipinski definition) is 4. The van der Waals surface area contributed by atoms with Crippen molar-refractivity contribution in [1.82, 2.24) is 9.88 Å². The van der Waals surface area contributed by atoms with Gasteiger partial charge in [-0.15, -0.1) is 0 Å². The Morgan fingerprint density at radius 1 is 1.50 bits per heavy atom. The van der Waals surface area contributed by atoms with Crippen LogP contribution in [0.25, 0.3) is 0 Å². The number of rotatable bonds is 3. The molecular formula is C14H20N4. The first-order valence-corrected chi connectivity index (χ1v) is 6.45. The third kappa shape index (κ3) is 2.99. The summed E-state index contributed by atoms with van der Waals surface area (Å²) in [7, 11) is 4.23. The van der Waals surface area contributed by atoms with E-state index < -0.39 is 0 Å². The molecule has 0 unspecified atom stereocenters. The molecule has 1 aromatic heterocycles. The molecule has 0 N–H and O–H groups in total. The fourth-order valence-electron chi connectivity index (χ4n) is 2.52. The minimum atomic E-state index is 0.521. The molecule has 2 rings (SSSR count). The molecule has 0 amide bonds. The lowest BCUT2D eigenvalue weighted by atomic mass is 9.96. The van der Waals surface area contributed by atoms with Crippen LogP contribution in [0.1, 0.15) is 18.5 Å². The van der Waals surface area contributed by atoms with Crippen molar-refractivity contribution >= 4 is 5.69 Å². The van der Waals surface area contributed by atoms with E-state index in [9.17, 15) is 0 Å². The van der Waals surface area contributed by atoms with E-state index in [1.54, 1.807) is 6.20 Å². The molecule has 1 saturated heterocycles. The van der Waals surface area contributed by atoms with Crippen LogP contribution in [0.4, 0.5) is 5.69 Å². The van der Waals surface area contributed by atoms with Crippen LogP contribution in [0, 0.1) is 17.2 Å². The van der Waals surface area contributed by atoms with Crippen LogP contribution in [0.15, 0.2) is 18.3 Å². The second-order valence-corrected chi connectivity index (χ2v) is 5.11. The first-order chi connectivity index (χ1) is 8.70. The largest absolute Gasteiger partial charge is 0.372 e. The van der Waals surface area contributed by atoms with Crippen molar-refractivity contribution in [3.05, 3.63) is 24.0 Å². The van der Waals surface area contributed by atoms with Crippen LogP contribution in [-0.2, 0) is 0 Å². The van der Waals surface area contributed by atoms with E-state index in [4.69, 9.17) is 5.26 Å². The van der Waals surface area contributed by atoms with Crippen LogP contribution in [0.3, 0.4) is 0 Å². The molecule has 18 heavy (non-hydrogen) atoms. The number of pyridine rings is 1. The quantitative estimate of drug-likeness (QED) is 0.812. The lowest BCUT2D eigenvalue weighted by Crippen LogP contribution is -2.36. The number of piperidine rings is 1. The maximum atomic E-state index is 9.06. The summed E-state index contributed by atoms with van der Waals surface area (Å²) in [5.74, 6) is 0.720. The number of likely N-dealkylation sites (tertiary alicyclic amines) is 1. The highest BCUT2D eigenvalue weighted by atomic mass is 15.1. The highest BCUT2D eigenvalue weighted by molar-refractivity contribution is 5.55. The second kappa shape index (κ2) is 5.83. The SMILES string of the molecule is CN1CCC(CN(C)c2cccnc2C#N)CC1. The van der Waals surface area contributed by atoms with E-state index in [1.807, 2.05) is 12.1 Å². The van der Waals surface area contributed by atoms with Gasteiger partial charge in [0.2, 0.25) is 0 Å². The van der Waals surface area contributed by atoms with Crippen molar-refractivity contribution in [2.75, 3.05) is 38.6 Å². The zero-order valence-corrected chi connectivity index (χ0v) is 11.1. The predicted octanol–water partition coefficient (Wildman–Crippen LogP) is 1.73. The van der Waals surface area contributed by atoms with Crippen LogP contribution in [0.2, 0.25) is 0 Å². The maximum absolute atomic E-state index is 9.06.